The lowest BCUT2D eigenvalue weighted by atomic mass is 9.98. The van der Waals surface area contributed by atoms with E-state index in [1.807, 2.05) is 24.3 Å². The van der Waals surface area contributed by atoms with Crippen LogP contribution < -0.4 is 10.2 Å². The Bertz CT molecular complexity index is 1290. The van der Waals surface area contributed by atoms with Gasteiger partial charge in [-0.15, -0.1) is 0 Å². The predicted molar refractivity (Wildman–Crippen MR) is 131 cm³/mol. The minimum Gasteiger partial charge on any atom is -0.481 e. The van der Waals surface area contributed by atoms with Gasteiger partial charge in [0.25, 0.3) is 5.91 Å². The molecule has 7 nitrogen and oxygen atoms in total. The topological polar surface area (TPSA) is 95.9 Å². The van der Waals surface area contributed by atoms with Crippen molar-refractivity contribution in [2.75, 3.05) is 24.6 Å². The predicted octanol–water partition coefficient (Wildman–Crippen LogP) is 4.30. The molecule has 0 radical (unpaired) electrons. The van der Waals surface area contributed by atoms with E-state index in [2.05, 4.69) is 29.6 Å². The molecule has 2 amide bonds. The van der Waals surface area contributed by atoms with Crippen molar-refractivity contribution < 1.29 is 24.2 Å². The van der Waals surface area contributed by atoms with Crippen LogP contribution in [0.2, 0.25) is 0 Å². The van der Waals surface area contributed by atoms with Gasteiger partial charge in [-0.05, 0) is 33.9 Å². The summed E-state index contributed by atoms with van der Waals surface area (Å²) in [5, 5.41) is 12.1. The summed E-state index contributed by atoms with van der Waals surface area (Å²) in [6.45, 7) is 0.404. The fourth-order valence-corrected chi connectivity index (χ4v) is 4.87. The van der Waals surface area contributed by atoms with Crippen LogP contribution in [0.15, 0.2) is 84.9 Å². The van der Waals surface area contributed by atoms with E-state index in [-0.39, 0.29) is 31.5 Å². The number of ether oxygens (including phenoxy) is 1. The third-order valence-electron chi connectivity index (χ3n) is 6.50. The molecule has 0 saturated heterocycles. The van der Waals surface area contributed by atoms with E-state index in [1.165, 1.54) is 17.1 Å². The summed E-state index contributed by atoms with van der Waals surface area (Å²) in [5.41, 5.74) is 5.81. The number of hydrogen-bond donors (Lipinski definition) is 2. The van der Waals surface area contributed by atoms with E-state index in [0.717, 1.165) is 22.3 Å². The molecule has 0 fully saturated rings. The molecule has 2 N–H and O–H groups in total. The number of hydrogen-bond acceptors (Lipinski definition) is 4. The fraction of sp³-hybridized carbons (Fsp3) is 0.179. The molecule has 5 rings (SSSR count). The van der Waals surface area contributed by atoms with E-state index >= 15 is 0 Å². The van der Waals surface area contributed by atoms with E-state index in [9.17, 15) is 19.5 Å². The maximum Gasteiger partial charge on any atom is 0.407 e. The zero-order valence-electron chi connectivity index (χ0n) is 18.9. The van der Waals surface area contributed by atoms with Gasteiger partial charge in [-0.1, -0.05) is 72.8 Å². The minimum absolute atomic E-state index is 0.0253. The van der Waals surface area contributed by atoms with Crippen LogP contribution in [0.25, 0.3) is 11.1 Å². The van der Waals surface area contributed by atoms with E-state index < -0.39 is 18.0 Å². The average Bonchev–Trinajstić information content (AvgIpc) is 3.42. The van der Waals surface area contributed by atoms with Crippen LogP contribution in [0.1, 0.15) is 28.5 Å². The van der Waals surface area contributed by atoms with Gasteiger partial charge in [0.1, 0.15) is 12.5 Å². The largest absolute Gasteiger partial charge is 0.481 e. The molecule has 0 bridgehead atoms. The molecule has 1 unspecified atom stereocenters. The number of carbonyl (C=O) groups is 3. The quantitative estimate of drug-likeness (QED) is 0.526. The van der Waals surface area contributed by atoms with Gasteiger partial charge in [-0.25, -0.2) is 4.79 Å². The summed E-state index contributed by atoms with van der Waals surface area (Å²) in [7, 11) is 0. The second-order valence-corrected chi connectivity index (χ2v) is 8.51. The summed E-state index contributed by atoms with van der Waals surface area (Å²) in [4.78, 5) is 37.9. The Morgan fingerprint density at radius 1 is 0.914 bits per heavy atom. The van der Waals surface area contributed by atoms with Crippen LogP contribution in [0.5, 0.6) is 0 Å². The molecule has 1 atom stereocenters. The number of benzene rings is 3. The SMILES string of the molecule is O=C(NC/C=C/C(=O)N1CC(C(=O)O)c2ccccc21)OCC1c2ccccc2-c2ccccc21. The Kier molecular flexibility index (Phi) is 6.06. The van der Waals surface area contributed by atoms with Gasteiger partial charge in [0.2, 0.25) is 0 Å². The van der Waals surface area contributed by atoms with Crippen LogP contribution in [-0.4, -0.2) is 42.8 Å². The van der Waals surface area contributed by atoms with Crippen LogP contribution in [0, 0.1) is 0 Å². The van der Waals surface area contributed by atoms with E-state index in [4.69, 9.17) is 4.74 Å². The first-order chi connectivity index (χ1) is 17.0. The first-order valence-electron chi connectivity index (χ1n) is 11.4. The number of fused-ring (bicyclic) bond motifs is 4. The molecule has 35 heavy (non-hydrogen) atoms. The zero-order valence-corrected chi connectivity index (χ0v) is 18.9. The lowest BCUT2D eigenvalue weighted by molar-refractivity contribution is -0.138. The Balaban J connectivity index is 1.15. The molecular formula is C28H24N2O5. The van der Waals surface area contributed by atoms with Gasteiger partial charge in [0, 0.05) is 30.8 Å². The number of anilines is 1. The second kappa shape index (κ2) is 9.46. The third kappa shape index (κ3) is 4.28. The summed E-state index contributed by atoms with van der Waals surface area (Å²) >= 11 is 0. The Morgan fingerprint density at radius 2 is 1.51 bits per heavy atom. The second-order valence-electron chi connectivity index (χ2n) is 8.51. The lowest BCUT2D eigenvalue weighted by Crippen LogP contribution is -2.30. The number of alkyl carbamates (subject to hydrolysis) is 1. The number of amides is 2. The number of nitrogens with zero attached hydrogens (tertiary/aromatic N) is 1. The van der Waals surface area contributed by atoms with Crippen molar-refractivity contribution in [1.29, 1.82) is 0 Å². The molecule has 0 spiro atoms. The van der Waals surface area contributed by atoms with Crippen molar-refractivity contribution in [2.45, 2.75) is 11.8 Å². The highest BCUT2D eigenvalue weighted by molar-refractivity contribution is 6.05. The van der Waals surface area contributed by atoms with Crippen molar-refractivity contribution in [1.82, 2.24) is 5.32 Å². The molecule has 2 aliphatic rings. The number of aliphatic carboxylic acids is 1. The van der Waals surface area contributed by atoms with Gasteiger partial charge in [0.15, 0.2) is 0 Å². The molecular weight excluding hydrogens is 444 g/mol. The minimum atomic E-state index is -0.964. The molecule has 176 valence electrons. The number of para-hydroxylation sites is 1. The van der Waals surface area contributed by atoms with Gasteiger partial charge in [0.05, 0.1) is 0 Å². The number of carbonyl (C=O) groups excluding carboxylic acids is 2. The van der Waals surface area contributed by atoms with Gasteiger partial charge >= 0.3 is 12.1 Å². The van der Waals surface area contributed by atoms with Gasteiger partial charge in [-0.3, -0.25) is 9.59 Å². The molecule has 1 aliphatic heterocycles. The first kappa shape index (κ1) is 22.4. The standard InChI is InChI=1S/C28H24N2O5/c31-26(30-16-23(27(32)33)22-12-5-6-13-25(22)30)14-7-15-29-28(34)35-17-24-20-10-3-1-8-18(20)19-9-2-4-11-21(19)24/h1-14,23-24H,15-17H2,(H,29,34)(H,32,33)/b14-7+. The zero-order chi connectivity index (χ0) is 24.4. The molecule has 7 heteroatoms. The maximum absolute atomic E-state index is 12.7. The smallest absolute Gasteiger partial charge is 0.407 e. The van der Waals surface area contributed by atoms with Crippen molar-refractivity contribution in [3.05, 3.63) is 102 Å². The highest BCUT2D eigenvalue weighted by atomic mass is 16.5. The van der Waals surface area contributed by atoms with Gasteiger partial charge < -0.3 is 20.1 Å². The van der Waals surface area contributed by atoms with Crippen molar-refractivity contribution in [2.24, 2.45) is 0 Å². The van der Waals surface area contributed by atoms with E-state index in [1.54, 1.807) is 24.3 Å². The Hall–Kier alpha value is -4.39. The molecule has 3 aromatic rings. The molecule has 0 saturated carbocycles. The number of rotatable bonds is 6. The van der Waals surface area contributed by atoms with E-state index in [0.29, 0.717) is 11.3 Å². The fourth-order valence-electron chi connectivity index (χ4n) is 4.87. The highest BCUT2D eigenvalue weighted by Gasteiger charge is 2.35. The van der Waals surface area contributed by atoms with Crippen LogP contribution >= 0.6 is 0 Å². The van der Waals surface area contributed by atoms with Gasteiger partial charge in [-0.2, -0.15) is 0 Å². The summed E-state index contributed by atoms with van der Waals surface area (Å²) in [5.74, 6) is -2.07. The maximum atomic E-state index is 12.7. The van der Waals surface area contributed by atoms with Crippen molar-refractivity contribution >= 4 is 23.7 Å². The normalized spacial score (nSPS) is 16.0. The number of carboxylic acid groups (broad SMARTS) is 1. The molecule has 1 heterocycles. The Morgan fingerprint density at radius 3 is 2.17 bits per heavy atom. The average molecular weight is 469 g/mol. The van der Waals surface area contributed by atoms with Crippen LogP contribution in [-0.2, 0) is 14.3 Å². The highest BCUT2D eigenvalue weighted by Crippen LogP contribution is 2.44. The van der Waals surface area contributed by atoms with Crippen LogP contribution in [0.4, 0.5) is 10.5 Å². The third-order valence-corrected chi connectivity index (χ3v) is 6.50. The van der Waals surface area contributed by atoms with Crippen molar-refractivity contribution in [3.8, 4) is 11.1 Å². The molecule has 3 aromatic carbocycles. The number of carboxylic acids is 1. The monoisotopic (exact) mass is 468 g/mol. The Labute approximate surface area is 202 Å². The molecule has 0 aromatic heterocycles. The lowest BCUT2D eigenvalue weighted by Gasteiger charge is -2.15. The summed E-state index contributed by atoms with van der Waals surface area (Å²) in [6, 6.07) is 23.2. The summed E-state index contributed by atoms with van der Waals surface area (Å²) in [6.07, 6.45) is 2.30. The molecule has 1 aliphatic carbocycles. The number of nitrogens with one attached hydrogen (secondary N) is 1. The van der Waals surface area contributed by atoms with Crippen molar-refractivity contribution in [3.63, 3.8) is 0 Å². The first-order valence-corrected chi connectivity index (χ1v) is 11.4. The van der Waals surface area contributed by atoms with Crippen LogP contribution in [0.3, 0.4) is 0 Å². The summed E-state index contributed by atoms with van der Waals surface area (Å²) < 4.78 is 5.49.